The molecule has 1 aliphatic carbocycles. The molecule has 2 unspecified atom stereocenters. The van der Waals surface area contributed by atoms with Gasteiger partial charge >= 0.3 is 0 Å². The number of unbranched alkanes of at least 4 members (excludes halogenated alkanes) is 2. The Morgan fingerprint density at radius 3 is 2.25 bits per heavy atom. The molecule has 0 saturated heterocycles. The first-order chi connectivity index (χ1) is 13.8. The molecule has 2 atom stereocenters. The van der Waals surface area contributed by atoms with E-state index in [1.165, 1.54) is 69.8 Å². The molecule has 28 heavy (non-hydrogen) atoms. The molecule has 1 aromatic heterocycles. The van der Waals surface area contributed by atoms with Crippen molar-refractivity contribution < 1.29 is 4.74 Å². The highest BCUT2D eigenvalue weighted by Crippen LogP contribution is 2.36. The highest BCUT2D eigenvalue weighted by molar-refractivity contribution is 5.60. The molecule has 0 N–H and O–H groups in total. The van der Waals surface area contributed by atoms with E-state index >= 15 is 0 Å². The number of aromatic nitrogens is 1. The molecule has 2 nitrogen and oxygen atoms in total. The van der Waals surface area contributed by atoms with E-state index in [1.54, 1.807) is 0 Å². The van der Waals surface area contributed by atoms with Crippen LogP contribution < -0.4 is 4.74 Å². The smallest absolute Gasteiger partial charge is 0.119 e. The number of pyridine rings is 1. The van der Waals surface area contributed by atoms with Gasteiger partial charge in [-0.05, 0) is 67.5 Å². The van der Waals surface area contributed by atoms with Crippen LogP contribution in [0, 0.1) is 18.8 Å². The van der Waals surface area contributed by atoms with Crippen LogP contribution >= 0.6 is 0 Å². The molecule has 2 aromatic rings. The van der Waals surface area contributed by atoms with E-state index in [4.69, 9.17) is 4.74 Å². The summed E-state index contributed by atoms with van der Waals surface area (Å²) in [6, 6.07) is 12.5. The number of ether oxygens (including phenoxy) is 1. The minimum absolute atomic E-state index is 0.834. The minimum Gasteiger partial charge on any atom is -0.494 e. The zero-order chi connectivity index (χ0) is 19.6. The summed E-state index contributed by atoms with van der Waals surface area (Å²) in [5.74, 6) is 2.88. The lowest BCUT2D eigenvalue weighted by Crippen LogP contribution is -2.20. The monoisotopic (exact) mass is 379 g/mol. The van der Waals surface area contributed by atoms with Gasteiger partial charge in [0, 0.05) is 11.8 Å². The average molecular weight is 380 g/mol. The summed E-state index contributed by atoms with van der Waals surface area (Å²) < 4.78 is 6.02. The third-order valence-electron chi connectivity index (χ3n) is 6.29. The number of aryl methyl sites for hydroxylation is 1. The first-order valence-corrected chi connectivity index (χ1v) is 11.4. The lowest BCUT2D eigenvalue weighted by molar-refractivity contribution is 0.190. The number of rotatable bonds is 10. The third kappa shape index (κ3) is 6.36. The second-order valence-corrected chi connectivity index (χ2v) is 8.54. The van der Waals surface area contributed by atoms with E-state index in [2.05, 4.69) is 55.2 Å². The topological polar surface area (TPSA) is 22.1 Å². The first kappa shape index (κ1) is 20.9. The fourth-order valence-corrected chi connectivity index (χ4v) is 4.60. The largest absolute Gasteiger partial charge is 0.494 e. The average Bonchev–Trinajstić information content (AvgIpc) is 2.73. The molecule has 1 aliphatic rings. The van der Waals surface area contributed by atoms with E-state index in [1.807, 2.05) is 6.20 Å². The van der Waals surface area contributed by atoms with Crippen LogP contribution in [0.2, 0.25) is 0 Å². The van der Waals surface area contributed by atoms with Gasteiger partial charge in [-0.2, -0.15) is 0 Å². The maximum Gasteiger partial charge on any atom is 0.119 e. The Morgan fingerprint density at radius 2 is 1.61 bits per heavy atom. The highest BCUT2D eigenvalue weighted by Gasteiger charge is 2.24. The Kier molecular flexibility index (Phi) is 8.39. The quantitative estimate of drug-likeness (QED) is 0.396. The van der Waals surface area contributed by atoms with Crippen molar-refractivity contribution in [3.05, 3.63) is 48.2 Å². The minimum atomic E-state index is 0.834. The van der Waals surface area contributed by atoms with Crippen molar-refractivity contribution in [2.45, 2.75) is 78.1 Å². The molecule has 2 heteroatoms. The molecule has 1 aromatic carbocycles. The number of benzene rings is 1. The number of hydrogen-bond donors (Lipinski definition) is 0. The molecule has 0 bridgehead atoms. The summed E-state index contributed by atoms with van der Waals surface area (Å²) in [6.07, 6.45) is 15.8. The lowest BCUT2D eigenvalue weighted by Gasteiger charge is -2.31. The van der Waals surface area contributed by atoms with E-state index in [0.29, 0.717) is 0 Å². The second kappa shape index (κ2) is 11.2. The summed E-state index contributed by atoms with van der Waals surface area (Å²) in [7, 11) is 0. The SMILES string of the molecule is CCCCCC1CCCCC1CCCOc1ccc(-c2ccc(C)cn2)cc1. The Morgan fingerprint density at radius 1 is 0.893 bits per heavy atom. The van der Waals surface area contributed by atoms with Gasteiger partial charge < -0.3 is 4.74 Å². The van der Waals surface area contributed by atoms with E-state index in [0.717, 1.165) is 35.4 Å². The van der Waals surface area contributed by atoms with Crippen molar-refractivity contribution in [1.82, 2.24) is 4.98 Å². The molecule has 0 spiro atoms. The predicted molar refractivity (Wildman–Crippen MR) is 119 cm³/mol. The molecular weight excluding hydrogens is 342 g/mol. The molecule has 0 aliphatic heterocycles. The highest BCUT2D eigenvalue weighted by atomic mass is 16.5. The molecular formula is C26H37NO. The van der Waals surface area contributed by atoms with Crippen molar-refractivity contribution in [2.75, 3.05) is 6.61 Å². The molecule has 3 rings (SSSR count). The van der Waals surface area contributed by atoms with Gasteiger partial charge in [0.25, 0.3) is 0 Å². The van der Waals surface area contributed by atoms with Gasteiger partial charge in [-0.25, -0.2) is 0 Å². The molecule has 1 heterocycles. The van der Waals surface area contributed by atoms with Gasteiger partial charge in [-0.1, -0.05) is 64.4 Å². The Labute approximate surface area is 171 Å². The molecule has 152 valence electrons. The first-order valence-electron chi connectivity index (χ1n) is 11.4. The predicted octanol–water partition coefficient (Wildman–Crippen LogP) is 7.60. The molecule has 0 radical (unpaired) electrons. The van der Waals surface area contributed by atoms with Crippen LogP contribution in [0.4, 0.5) is 0 Å². The van der Waals surface area contributed by atoms with Crippen molar-refractivity contribution in [2.24, 2.45) is 11.8 Å². The van der Waals surface area contributed by atoms with Gasteiger partial charge in [-0.3, -0.25) is 4.98 Å². The Hall–Kier alpha value is -1.83. The number of hydrogen-bond acceptors (Lipinski definition) is 2. The molecule has 1 fully saturated rings. The maximum atomic E-state index is 6.02. The van der Waals surface area contributed by atoms with Crippen molar-refractivity contribution >= 4 is 0 Å². The van der Waals surface area contributed by atoms with E-state index < -0.39 is 0 Å². The van der Waals surface area contributed by atoms with E-state index in [9.17, 15) is 0 Å². The fraction of sp³-hybridized carbons (Fsp3) is 0.577. The second-order valence-electron chi connectivity index (χ2n) is 8.54. The maximum absolute atomic E-state index is 6.02. The van der Waals surface area contributed by atoms with Crippen LogP contribution in [-0.2, 0) is 0 Å². The van der Waals surface area contributed by atoms with Crippen LogP contribution in [0.1, 0.15) is 76.7 Å². The van der Waals surface area contributed by atoms with Gasteiger partial charge in [0.2, 0.25) is 0 Å². The van der Waals surface area contributed by atoms with Crippen LogP contribution in [0.25, 0.3) is 11.3 Å². The van der Waals surface area contributed by atoms with Crippen molar-refractivity contribution in [3.63, 3.8) is 0 Å². The van der Waals surface area contributed by atoms with Crippen LogP contribution in [-0.4, -0.2) is 11.6 Å². The number of nitrogens with zero attached hydrogens (tertiary/aromatic N) is 1. The Balaban J connectivity index is 1.41. The summed E-state index contributed by atoms with van der Waals surface area (Å²) in [5, 5.41) is 0. The van der Waals surface area contributed by atoms with Gasteiger partial charge in [0.05, 0.1) is 12.3 Å². The molecule has 0 amide bonds. The van der Waals surface area contributed by atoms with Gasteiger partial charge in [0.1, 0.15) is 5.75 Å². The summed E-state index contributed by atoms with van der Waals surface area (Å²) >= 11 is 0. The third-order valence-corrected chi connectivity index (χ3v) is 6.29. The summed E-state index contributed by atoms with van der Waals surface area (Å²) in [5.41, 5.74) is 3.35. The van der Waals surface area contributed by atoms with E-state index in [-0.39, 0.29) is 0 Å². The van der Waals surface area contributed by atoms with Gasteiger partial charge in [-0.15, -0.1) is 0 Å². The zero-order valence-electron chi connectivity index (χ0n) is 17.8. The van der Waals surface area contributed by atoms with Crippen LogP contribution in [0.3, 0.4) is 0 Å². The van der Waals surface area contributed by atoms with Crippen molar-refractivity contribution in [1.29, 1.82) is 0 Å². The zero-order valence-corrected chi connectivity index (χ0v) is 17.8. The van der Waals surface area contributed by atoms with Crippen LogP contribution in [0.15, 0.2) is 42.6 Å². The summed E-state index contributed by atoms with van der Waals surface area (Å²) in [4.78, 5) is 4.50. The van der Waals surface area contributed by atoms with Crippen molar-refractivity contribution in [3.8, 4) is 17.0 Å². The van der Waals surface area contributed by atoms with Gasteiger partial charge in [0.15, 0.2) is 0 Å². The lowest BCUT2D eigenvalue weighted by atomic mass is 9.74. The standard InChI is InChI=1S/C26H37NO/c1-3-4-5-9-22-10-6-7-11-23(22)12-8-19-28-25-16-14-24(15-17-25)26-18-13-21(2)20-27-26/h13-18,20,22-23H,3-12,19H2,1-2H3. The summed E-state index contributed by atoms with van der Waals surface area (Å²) in [6.45, 7) is 5.20. The molecule has 1 saturated carbocycles. The van der Waals surface area contributed by atoms with Crippen LogP contribution in [0.5, 0.6) is 5.75 Å². The normalized spacial score (nSPS) is 19.5. The Bertz CT molecular complexity index is 677. The fourth-order valence-electron chi connectivity index (χ4n) is 4.60.